The molecule has 2 aromatic carbocycles. The van der Waals surface area contributed by atoms with Crippen molar-refractivity contribution in [3.63, 3.8) is 0 Å². The molecular formula is C31H40N4O4. The van der Waals surface area contributed by atoms with Crippen molar-refractivity contribution in [3.8, 4) is 5.75 Å². The van der Waals surface area contributed by atoms with E-state index in [-0.39, 0.29) is 18.2 Å². The minimum absolute atomic E-state index is 0.0944. The highest BCUT2D eigenvalue weighted by molar-refractivity contribution is 5.88. The molecule has 208 valence electrons. The maximum Gasteiger partial charge on any atom is 0.245 e. The number of hydrogen-bond acceptors (Lipinski definition) is 5. The average Bonchev–Trinajstić information content (AvgIpc) is 3.33. The summed E-state index contributed by atoms with van der Waals surface area (Å²) in [7, 11) is 3.53. The lowest BCUT2D eigenvalue weighted by Gasteiger charge is -2.51. The molecule has 1 saturated heterocycles. The summed E-state index contributed by atoms with van der Waals surface area (Å²) in [4.78, 5) is 32.8. The molecule has 1 aliphatic heterocycles. The van der Waals surface area contributed by atoms with E-state index in [0.717, 1.165) is 41.0 Å². The summed E-state index contributed by atoms with van der Waals surface area (Å²) < 4.78 is 13.6. The summed E-state index contributed by atoms with van der Waals surface area (Å²) in [5.74, 6) is 0.493. The number of likely N-dealkylation sites (tertiary alicyclic amines) is 1. The van der Waals surface area contributed by atoms with E-state index >= 15 is 0 Å². The van der Waals surface area contributed by atoms with Crippen LogP contribution in [-0.4, -0.2) is 59.1 Å². The van der Waals surface area contributed by atoms with Crippen LogP contribution >= 0.6 is 0 Å². The Kier molecular flexibility index (Phi) is 9.41. The molecule has 1 fully saturated rings. The molecule has 0 aliphatic carbocycles. The zero-order chi connectivity index (χ0) is 27.8. The first-order valence-corrected chi connectivity index (χ1v) is 13.7. The zero-order valence-electron chi connectivity index (χ0n) is 23.5. The fourth-order valence-electron chi connectivity index (χ4n) is 5.11. The number of nitrogens with one attached hydrogen (secondary N) is 1. The number of aromatic nitrogens is 2. The number of ether oxygens (including phenoxy) is 2. The first-order chi connectivity index (χ1) is 18.8. The number of imidazole rings is 1. The number of hydrogen-bond donors (Lipinski definition) is 1. The molecule has 1 aromatic heterocycles. The first-order valence-electron chi connectivity index (χ1n) is 13.7. The van der Waals surface area contributed by atoms with Gasteiger partial charge in [0, 0.05) is 38.4 Å². The Balaban J connectivity index is 1.49. The molecular weight excluding hydrogens is 492 g/mol. The lowest BCUT2D eigenvalue weighted by atomic mass is 9.82. The van der Waals surface area contributed by atoms with E-state index in [1.54, 1.807) is 19.6 Å². The Morgan fingerprint density at radius 2 is 1.87 bits per heavy atom. The third kappa shape index (κ3) is 6.87. The second-order valence-electron chi connectivity index (χ2n) is 10.4. The van der Waals surface area contributed by atoms with Crippen LogP contribution in [0.15, 0.2) is 61.1 Å². The number of unbranched alkanes of at least 4 members (excludes halogenated alkanes) is 1. The van der Waals surface area contributed by atoms with Crippen molar-refractivity contribution in [1.82, 2.24) is 19.8 Å². The first kappa shape index (κ1) is 28.4. The number of carbonyl (C=O) groups excluding carboxylic acids is 2. The van der Waals surface area contributed by atoms with Gasteiger partial charge >= 0.3 is 0 Å². The zero-order valence-corrected chi connectivity index (χ0v) is 23.5. The number of methoxy groups -OCH3 is 1. The average molecular weight is 533 g/mol. The van der Waals surface area contributed by atoms with Gasteiger partial charge in [0.15, 0.2) is 0 Å². The number of benzene rings is 2. The molecule has 8 heteroatoms. The van der Waals surface area contributed by atoms with Crippen LogP contribution in [0.5, 0.6) is 5.75 Å². The molecule has 1 unspecified atom stereocenters. The molecule has 0 radical (unpaired) electrons. The normalized spacial score (nSPS) is 14.9. The van der Waals surface area contributed by atoms with Crippen molar-refractivity contribution in [3.05, 3.63) is 83.4 Å². The van der Waals surface area contributed by atoms with E-state index in [0.29, 0.717) is 32.5 Å². The smallest absolute Gasteiger partial charge is 0.245 e. The maximum atomic E-state index is 13.8. The minimum atomic E-state index is -0.678. The summed E-state index contributed by atoms with van der Waals surface area (Å²) in [6.45, 7) is 5.79. The second-order valence-corrected chi connectivity index (χ2v) is 10.4. The van der Waals surface area contributed by atoms with E-state index < -0.39 is 11.6 Å². The highest BCUT2D eigenvalue weighted by Gasteiger charge is 2.49. The number of nitrogens with zero attached hydrogens (tertiary/aromatic N) is 3. The van der Waals surface area contributed by atoms with Gasteiger partial charge in [-0.25, -0.2) is 4.98 Å². The molecule has 1 aliphatic rings. The van der Waals surface area contributed by atoms with Gasteiger partial charge in [-0.2, -0.15) is 0 Å². The van der Waals surface area contributed by atoms with Gasteiger partial charge in [0.2, 0.25) is 11.8 Å². The Hall–Kier alpha value is -3.65. The Bertz CT molecular complexity index is 1250. The van der Waals surface area contributed by atoms with Gasteiger partial charge in [0.25, 0.3) is 0 Å². The van der Waals surface area contributed by atoms with Gasteiger partial charge in [-0.1, -0.05) is 49.7 Å². The van der Waals surface area contributed by atoms with Gasteiger partial charge in [-0.3, -0.25) is 9.59 Å². The largest absolute Gasteiger partial charge is 0.497 e. The molecule has 0 saturated carbocycles. The summed E-state index contributed by atoms with van der Waals surface area (Å²) in [5.41, 5.74) is 3.67. The molecule has 8 nitrogen and oxygen atoms in total. The Labute approximate surface area is 231 Å². The molecule has 2 amide bonds. The van der Waals surface area contributed by atoms with Crippen molar-refractivity contribution in [2.24, 2.45) is 7.05 Å². The van der Waals surface area contributed by atoms with Crippen molar-refractivity contribution < 1.29 is 19.1 Å². The van der Waals surface area contributed by atoms with Gasteiger partial charge < -0.3 is 24.3 Å². The molecule has 1 N–H and O–H groups in total. The fourth-order valence-corrected chi connectivity index (χ4v) is 5.11. The number of amides is 2. The van der Waals surface area contributed by atoms with Crippen LogP contribution in [0.4, 0.5) is 0 Å². The highest BCUT2D eigenvalue weighted by atomic mass is 16.5. The van der Waals surface area contributed by atoms with Gasteiger partial charge in [0.1, 0.15) is 17.4 Å². The van der Waals surface area contributed by atoms with Gasteiger partial charge in [0.05, 0.1) is 26.5 Å². The monoisotopic (exact) mass is 532 g/mol. The predicted octanol–water partition coefficient (Wildman–Crippen LogP) is 3.95. The molecule has 39 heavy (non-hydrogen) atoms. The van der Waals surface area contributed by atoms with Crippen LogP contribution in [0, 0.1) is 6.92 Å². The minimum Gasteiger partial charge on any atom is -0.497 e. The lowest BCUT2D eigenvalue weighted by molar-refractivity contribution is -0.175. The summed E-state index contributed by atoms with van der Waals surface area (Å²) in [6.07, 6.45) is 6.71. The van der Waals surface area contributed by atoms with Crippen LogP contribution in [0.3, 0.4) is 0 Å². The molecule has 2 heterocycles. The van der Waals surface area contributed by atoms with E-state index in [4.69, 9.17) is 9.47 Å². The SMILES string of the molecule is CCCCOC1(c2ccccc2C)CN(C(=O)C(Cc2ccc(OC)cc2)NC(=O)CCc2cncn2C)C1. The summed E-state index contributed by atoms with van der Waals surface area (Å²) in [5, 5.41) is 3.02. The maximum absolute atomic E-state index is 13.8. The van der Waals surface area contributed by atoms with Crippen molar-refractivity contribution >= 4 is 11.8 Å². The lowest BCUT2D eigenvalue weighted by Crippen LogP contribution is -2.66. The van der Waals surface area contributed by atoms with E-state index in [1.807, 2.05) is 52.9 Å². The van der Waals surface area contributed by atoms with Crippen LogP contribution in [0.1, 0.15) is 48.6 Å². The third-order valence-corrected chi connectivity index (χ3v) is 7.47. The van der Waals surface area contributed by atoms with Crippen LogP contribution in [0.25, 0.3) is 0 Å². The van der Waals surface area contributed by atoms with Crippen molar-refractivity contribution in [2.45, 2.75) is 57.6 Å². The Morgan fingerprint density at radius 3 is 2.51 bits per heavy atom. The number of rotatable bonds is 13. The Morgan fingerprint density at radius 1 is 1.13 bits per heavy atom. The topological polar surface area (TPSA) is 85.7 Å². The number of carbonyl (C=O) groups is 2. The standard InChI is InChI=1S/C31H40N4O4/c1-5-6-17-39-31(27-10-8-7-9-23(27)2)20-35(21-31)30(37)28(18-24-11-14-26(38-4)15-12-24)33-29(36)16-13-25-19-32-22-34(25)3/h7-12,14-15,19,22,28H,5-6,13,16-18,20-21H2,1-4H3,(H,33,36). The highest BCUT2D eigenvalue weighted by Crippen LogP contribution is 2.38. The van der Waals surface area contributed by atoms with E-state index in [2.05, 4.69) is 36.3 Å². The molecule has 0 spiro atoms. The fraction of sp³-hybridized carbons (Fsp3) is 0.452. The van der Waals surface area contributed by atoms with Crippen molar-refractivity contribution in [1.29, 1.82) is 0 Å². The van der Waals surface area contributed by atoms with Crippen LogP contribution < -0.4 is 10.1 Å². The summed E-state index contributed by atoms with van der Waals surface area (Å²) >= 11 is 0. The third-order valence-electron chi connectivity index (χ3n) is 7.47. The quantitative estimate of drug-likeness (QED) is 0.337. The molecule has 4 rings (SSSR count). The van der Waals surface area contributed by atoms with Crippen LogP contribution in [-0.2, 0) is 39.8 Å². The second kappa shape index (κ2) is 12.9. The van der Waals surface area contributed by atoms with E-state index in [9.17, 15) is 9.59 Å². The molecule has 0 bridgehead atoms. The number of aryl methyl sites for hydroxylation is 3. The predicted molar refractivity (Wildman–Crippen MR) is 150 cm³/mol. The van der Waals surface area contributed by atoms with E-state index in [1.165, 1.54) is 0 Å². The van der Waals surface area contributed by atoms with Crippen molar-refractivity contribution in [2.75, 3.05) is 26.8 Å². The van der Waals surface area contributed by atoms with Crippen LogP contribution in [0.2, 0.25) is 0 Å². The summed E-state index contributed by atoms with van der Waals surface area (Å²) in [6, 6.07) is 15.1. The van der Waals surface area contributed by atoms with Gasteiger partial charge in [-0.15, -0.1) is 0 Å². The van der Waals surface area contributed by atoms with Gasteiger partial charge in [-0.05, 0) is 48.6 Å². The molecule has 1 atom stereocenters. The molecule has 3 aromatic rings.